The van der Waals surface area contributed by atoms with E-state index < -0.39 is 0 Å². The minimum Gasteiger partial charge on any atom is -0.458 e. The molecule has 0 unspecified atom stereocenters. The molecule has 0 bridgehead atoms. The third-order valence-electron chi connectivity index (χ3n) is 5.99. The minimum absolute atomic E-state index is 0.411. The largest absolute Gasteiger partial charge is 0.458 e. The Morgan fingerprint density at radius 1 is 0.880 bits per heavy atom. The average molecular weight is 708 g/mol. The Balaban J connectivity index is 0.000000241. The van der Waals surface area contributed by atoms with Crippen LogP contribution in [0.5, 0.6) is 11.5 Å². The van der Waals surface area contributed by atoms with Crippen LogP contribution in [-0.4, -0.2) is 16.2 Å². The second-order valence-electron chi connectivity index (χ2n) is 11.1. The highest BCUT2D eigenvalue weighted by molar-refractivity contribution is 8.00. The van der Waals surface area contributed by atoms with Gasteiger partial charge in [-0.3, -0.25) is 0 Å². The summed E-state index contributed by atoms with van der Waals surface area (Å²) in [7, 11) is 0. The maximum Gasteiger partial charge on any atom is 0.173 e. The maximum atomic E-state index is 8.75. The molecule has 6 rings (SSSR count). The number of nitriles is 1. The highest BCUT2D eigenvalue weighted by Gasteiger charge is 2.10. The Kier molecular flexibility index (Phi) is 19.2. The lowest BCUT2D eigenvalue weighted by Crippen LogP contribution is -1.91. The molecule has 0 atom stereocenters. The van der Waals surface area contributed by atoms with E-state index in [4.69, 9.17) is 26.2 Å². The molecular weight excluding hydrogens is 659 g/mol. The highest BCUT2D eigenvalue weighted by atomic mass is 32.2. The van der Waals surface area contributed by atoms with Gasteiger partial charge in [0.15, 0.2) is 9.99 Å². The van der Waals surface area contributed by atoms with Crippen LogP contribution in [0.25, 0.3) is 10.3 Å². The summed E-state index contributed by atoms with van der Waals surface area (Å²) in [5.74, 6) is 4.28. The van der Waals surface area contributed by atoms with Gasteiger partial charge in [-0.15, -0.1) is 11.3 Å². The van der Waals surface area contributed by atoms with Crippen molar-refractivity contribution in [1.29, 1.82) is 5.26 Å². The summed E-state index contributed by atoms with van der Waals surface area (Å²) in [4.78, 5) is 8.31. The molecule has 0 saturated heterocycles. The van der Waals surface area contributed by atoms with Gasteiger partial charge in [-0.25, -0.2) is 9.97 Å². The SMILES string of the molecule is CC.CC(C)C.CC1=CC(OC2=CC=CCC=C2)=CCC=C1.CSc1nc2ncc(C#N)c(N)c2s1.Nc1ccc(Oc2ccccc2)cc1. The Morgan fingerprint density at radius 3 is 2.20 bits per heavy atom. The fraction of sp³-hybridized carbons (Fsp3) is 0.244. The van der Waals surface area contributed by atoms with Gasteiger partial charge in [0.05, 0.1) is 16.0 Å². The summed E-state index contributed by atoms with van der Waals surface area (Å²) in [5, 5.41) is 8.75. The van der Waals surface area contributed by atoms with Crippen LogP contribution in [0.2, 0.25) is 0 Å². The molecular formula is C41H49N5O2S2. The lowest BCUT2D eigenvalue weighted by atomic mass is 10.2. The van der Waals surface area contributed by atoms with Gasteiger partial charge in [0.2, 0.25) is 0 Å². The molecule has 0 fully saturated rings. The standard InChI is InChI=1S/C15H16O.C12H11NO.C8H6N4S2.C4H10.C2H6/c1-13-8-6-7-11-15(12-13)16-14-9-4-2-3-5-10-14;13-10-6-8-12(9-7-10)14-11-4-2-1-3-5-11;1-13-8-12-7-6(14-8)5(10)4(2-9)3-11-7;1-4(2)3;1-2/h2,4-6,8-12H,3,7H2,1H3;1-9H,13H2;3H,1H3,(H2,10,11);4H,1-3H3;1-2H3. The van der Waals surface area contributed by atoms with Gasteiger partial charge in [0, 0.05) is 11.9 Å². The van der Waals surface area contributed by atoms with E-state index >= 15 is 0 Å². The van der Waals surface area contributed by atoms with Crippen molar-refractivity contribution in [3.05, 3.63) is 138 Å². The zero-order valence-electron chi connectivity index (χ0n) is 30.1. The molecule has 4 aromatic rings. The normalized spacial score (nSPS) is 12.7. The number of allylic oxidation sites excluding steroid dienone is 10. The van der Waals surface area contributed by atoms with Crippen LogP contribution in [-0.2, 0) is 4.74 Å². The monoisotopic (exact) mass is 707 g/mol. The predicted octanol–water partition coefficient (Wildman–Crippen LogP) is 11.8. The van der Waals surface area contributed by atoms with E-state index in [-0.39, 0.29) is 0 Å². The fourth-order valence-corrected chi connectivity index (χ4v) is 5.29. The zero-order valence-corrected chi connectivity index (χ0v) is 31.7. The molecule has 0 radical (unpaired) electrons. The third kappa shape index (κ3) is 15.5. The summed E-state index contributed by atoms with van der Waals surface area (Å²) >= 11 is 3.01. The van der Waals surface area contributed by atoms with Gasteiger partial charge in [0.25, 0.3) is 0 Å². The van der Waals surface area contributed by atoms with E-state index in [0.29, 0.717) is 16.9 Å². The summed E-state index contributed by atoms with van der Waals surface area (Å²) < 4.78 is 13.1. The van der Waals surface area contributed by atoms with E-state index in [9.17, 15) is 0 Å². The van der Waals surface area contributed by atoms with E-state index in [2.05, 4.69) is 74.1 Å². The second kappa shape index (κ2) is 23.3. The topological polar surface area (TPSA) is 120 Å². The highest BCUT2D eigenvalue weighted by Crippen LogP contribution is 2.32. The predicted molar refractivity (Wildman–Crippen MR) is 215 cm³/mol. The first-order chi connectivity index (χ1) is 24.2. The molecule has 7 nitrogen and oxygen atoms in total. The van der Waals surface area contributed by atoms with Crippen LogP contribution in [0.15, 0.2) is 137 Å². The number of pyridine rings is 1. The summed E-state index contributed by atoms with van der Waals surface area (Å²) in [6, 6.07) is 19.0. The lowest BCUT2D eigenvalue weighted by Gasteiger charge is -2.06. The molecule has 0 amide bonds. The molecule has 0 saturated carbocycles. The number of rotatable bonds is 5. The van der Waals surface area contributed by atoms with Crippen LogP contribution >= 0.6 is 23.1 Å². The molecule has 2 aliphatic carbocycles. The van der Waals surface area contributed by atoms with Crippen molar-refractivity contribution >= 4 is 44.8 Å². The van der Waals surface area contributed by atoms with E-state index in [1.54, 1.807) is 11.8 Å². The van der Waals surface area contributed by atoms with E-state index in [1.165, 1.54) is 23.1 Å². The number of fused-ring (bicyclic) bond motifs is 1. The first-order valence-corrected chi connectivity index (χ1v) is 18.6. The molecule has 2 aromatic carbocycles. The van der Waals surface area contributed by atoms with Crippen LogP contribution in [0.4, 0.5) is 11.4 Å². The van der Waals surface area contributed by atoms with Gasteiger partial charge in [-0.05, 0) is 98.2 Å². The van der Waals surface area contributed by atoms with Crippen LogP contribution < -0.4 is 16.2 Å². The number of aromatic nitrogens is 2. The van der Waals surface area contributed by atoms with Gasteiger partial charge < -0.3 is 20.9 Å². The van der Waals surface area contributed by atoms with Crippen molar-refractivity contribution < 1.29 is 9.47 Å². The number of nitrogens with zero attached hydrogens (tertiary/aromatic N) is 3. The van der Waals surface area contributed by atoms with Crippen molar-refractivity contribution in [3.8, 4) is 17.6 Å². The number of thiazole rings is 1. The number of nitrogens with two attached hydrogens (primary N) is 2. The molecule has 50 heavy (non-hydrogen) atoms. The molecule has 4 N–H and O–H groups in total. The van der Waals surface area contributed by atoms with Crippen molar-refractivity contribution in [3.63, 3.8) is 0 Å². The molecule has 2 aromatic heterocycles. The van der Waals surface area contributed by atoms with Gasteiger partial charge in [0.1, 0.15) is 29.1 Å². The Labute approximate surface area is 306 Å². The fourth-order valence-electron chi connectivity index (χ4n) is 3.81. The van der Waals surface area contributed by atoms with E-state index in [0.717, 1.165) is 56.5 Å². The first-order valence-electron chi connectivity index (χ1n) is 16.5. The van der Waals surface area contributed by atoms with Crippen molar-refractivity contribution in [1.82, 2.24) is 9.97 Å². The second-order valence-corrected chi connectivity index (χ2v) is 13.2. The van der Waals surface area contributed by atoms with Crippen LogP contribution in [0.3, 0.4) is 0 Å². The number of hydrogen-bond acceptors (Lipinski definition) is 9. The number of thioether (sulfide) groups is 1. The van der Waals surface area contributed by atoms with Gasteiger partial charge in [-0.2, -0.15) is 5.26 Å². The maximum absolute atomic E-state index is 8.75. The van der Waals surface area contributed by atoms with Gasteiger partial charge >= 0.3 is 0 Å². The number of para-hydroxylation sites is 1. The van der Waals surface area contributed by atoms with Crippen LogP contribution in [0, 0.1) is 17.2 Å². The van der Waals surface area contributed by atoms with Crippen molar-refractivity contribution in [2.45, 2.75) is 58.7 Å². The summed E-state index contributed by atoms with van der Waals surface area (Å²) in [6.45, 7) is 12.6. The quantitative estimate of drug-likeness (QED) is 0.155. The zero-order chi connectivity index (χ0) is 36.7. The number of anilines is 2. The van der Waals surface area contributed by atoms with Gasteiger partial charge in [-0.1, -0.05) is 95.0 Å². The van der Waals surface area contributed by atoms with Crippen LogP contribution in [0.1, 0.15) is 59.9 Å². The van der Waals surface area contributed by atoms with Crippen molar-refractivity contribution in [2.24, 2.45) is 5.92 Å². The third-order valence-corrected chi connectivity index (χ3v) is 8.05. The minimum atomic E-state index is 0.411. The Bertz CT molecular complexity index is 1830. The number of nitrogen functional groups attached to an aromatic ring is 2. The average Bonchev–Trinajstić information content (AvgIpc) is 3.22. The smallest absolute Gasteiger partial charge is 0.173 e. The molecule has 0 aliphatic heterocycles. The molecule has 2 aliphatic rings. The summed E-state index contributed by atoms with van der Waals surface area (Å²) in [6.07, 6.45) is 24.0. The van der Waals surface area contributed by atoms with Crippen molar-refractivity contribution in [2.75, 3.05) is 17.7 Å². The number of hydrogen-bond donors (Lipinski definition) is 2. The van der Waals surface area contributed by atoms with E-state index in [1.807, 2.05) is 99.0 Å². The Hall–Kier alpha value is -5.04. The molecule has 262 valence electrons. The lowest BCUT2D eigenvalue weighted by molar-refractivity contribution is 0.335. The molecule has 0 spiro atoms. The molecule has 2 heterocycles. The molecule has 9 heteroatoms. The number of ether oxygens (including phenoxy) is 2. The Morgan fingerprint density at radius 2 is 1.54 bits per heavy atom. The number of benzene rings is 2. The first kappa shape index (κ1) is 41.1. The summed E-state index contributed by atoms with van der Waals surface area (Å²) in [5.41, 5.74) is 14.8.